The van der Waals surface area contributed by atoms with E-state index < -0.39 is 32.5 Å². The molecule has 0 amide bonds. The molecule has 0 heterocycles. The summed E-state index contributed by atoms with van der Waals surface area (Å²) in [5.41, 5.74) is 0. The third-order valence-corrected chi connectivity index (χ3v) is 13.3. The molecule has 1 N–H and O–H groups in total. The number of allylic oxidation sites excluding steroid dienone is 18. The molecule has 0 spiro atoms. The molecule has 9 nitrogen and oxygen atoms in total. The van der Waals surface area contributed by atoms with Gasteiger partial charge in [-0.05, 0) is 96.3 Å². The lowest BCUT2D eigenvalue weighted by atomic mass is 10.0. The van der Waals surface area contributed by atoms with Gasteiger partial charge in [0.1, 0.15) is 19.8 Å². The molecule has 10 heteroatoms. The second kappa shape index (κ2) is 54.5. The van der Waals surface area contributed by atoms with Gasteiger partial charge in [-0.15, -0.1) is 0 Å². The van der Waals surface area contributed by atoms with Crippen molar-refractivity contribution in [2.75, 3.05) is 47.5 Å². The predicted molar refractivity (Wildman–Crippen MR) is 316 cm³/mol. The van der Waals surface area contributed by atoms with Crippen molar-refractivity contribution < 1.29 is 42.1 Å². The number of quaternary nitrogens is 1. The number of esters is 2. The van der Waals surface area contributed by atoms with Gasteiger partial charge < -0.3 is 18.9 Å². The lowest BCUT2D eigenvalue weighted by Crippen LogP contribution is -2.37. The van der Waals surface area contributed by atoms with Crippen LogP contribution in [-0.4, -0.2) is 74.9 Å². The van der Waals surface area contributed by atoms with Gasteiger partial charge in [0.2, 0.25) is 0 Å². The number of ether oxygens (including phenoxy) is 2. The number of carbonyl (C=O) groups excluding carboxylic acids is 2. The Morgan fingerprint density at radius 3 is 1.08 bits per heavy atom. The van der Waals surface area contributed by atoms with Crippen LogP contribution >= 0.6 is 7.82 Å². The number of nitrogens with zero attached hydrogens (tertiary/aromatic N) is 1. The van der Waals surface area contributed by atoms with E-state index in [0.29, 0.717) is 23.9 Å². The molecule has 0 aromatic heterocycles. The highest BCUT2D eigenvalue weighted by atomic mass is 31.2. The molecule has 74 heavy (non-hydrogen) atoms. The van der Waals surface area contributed by atoms with Crippen LogP contribution in [0.1, 0.15) is 232 Å². The van der Waals surface area contributed by atoms with Crippen molar-refractivity contribution in [2.24, 2.45) is 0 Å². The van der Waals surface area contributed by atoms with E-state index in [4.69, 9.17) is 18.5 Å². The van der Waals surface area contributed by atoms with Crippen LogP contribution in [0.3, 0.4) is 0 Å². The molecule has 0 aliphatic heterocycles. The molecule has 0 aliphatic rings. The summed E-state index contributed by atoms with van der Waals surface area (Å²) >= 11 is 0. The first-order chi connectivity index (χ1) is 36.0. The van der Waals surface area contributed by atoms with E-state index in [1.165, 1.54) is 89.9 Å². The van der Waals surface area contributed by atoms with Crippen LogP contribution in [0.15, 0.2) is 109 Å². The van der Waals surface area contributed by atoms with Crippen molar-refractivity contribution in [1.82, 2.24) is 0 Å². The minimum absolute atomic E-state index is 0.0233. The zero-order valence-corrected chi connectivity index (χ0v) is 48.9. The van der Waals surface area contributed by atoms with E-state index in [-0.39, 0.29) is 26.1 Å². The van der Waals surface area contributed by atoms with Gasteiger partial charge in [0.05, 0.1) is 27.7 Å². The molecule has 0 aromatic rings. The molecule has 0 saturated carbocycles. The number of phosphoric ester groups is 1. The lowest BCUT2D eigenvalue weighted by molar-refractivity contribution is -0.870. The lowest BCUT2D eigenvalue weighted by Gasteiger charge is -2.24. The first-order valence-electron chi connectivity index (χ1n) is 29.6. The number of unbranched alkanes of at least 4 members (excludes halogenated alkanes) is 21. The van der Waals surface area contributed by atoms with Crippen molar-refractivity contribution in [1.29, 1.82) is 0 Å². The summed E-state index contributed by atoms with van der Waals surface area (Å²) in [5, 5.41) is 0. The Morgan fingerprint density at radius 1 is 0.419 bits per heavy atom. The van der Waals surface area contributed by atoms with Crippen LogP contribution in [0, 0.1) is 0 Å². The summed E-state index contributed by atoms with van der Waals surface area (Å²) in [6.07, 6.45) is 76.0. The molecule has 2 atom stereocenters. The van der Waals surface area contributed by atoms with Crippen molar-refractivity contribution in [3.63, 3.8) is 0 Å². The van der Waals surface area contributed by atoms with Crippen LogP contribution in [-0.2, 0) is 32.7 Å². The molecule has 0 radical (unpaired) electrons. The zero-order valence-electron chi connectivity index (χ0n) is 48.0. The van der Waals surface area contributed by atoms with Crippen LogP contribution in [0.25, 0.3) is 0 Å². The molecule has 0 fully saturated rings. The van der Waals surface area contributed by atoms with Crippen molar-refractivity contribution in [3.8, 4) is 0 Å². The second-order valence-electron chi connectivity index (χ2n) is 20.6. The highest BCUT2D eigenvalue weighted by molar-refractivity contribution is 7.47. The molecule has 0 bridgehead atoms. The number of likely N-dealkylation sites (N-methyl/N-ethyl adjacent to an activating group) is 1. The summed E-state index contributed by atoms with van der Waals surface area (Å²) < 4.78 is 34.5. The number of carbonyl (C=O) groups is 2. The maximum atomic E-state index is 12.8. The number of hydrogen-bond acceptors (Lipinski definition) is 7. The Labute approximate surface area is 455 Å². The number of rotatable bonds is 53. The molecule has 0 aromatic carbocycles. The Morgan fingerprint density at radius 2 is 0.730 bits per heavy atom. The predicted octanol–water partition coefficient (Wildman–Crippen LogP) is 18.6. The third kappa shape index (κ3) is 57.9. The Hall–Kier alpha value is -3.33. The quantitative estimate of drug-likeness (QED) is 0.0211. The largest absolute Gasteiger partial charge is 0.472 e. The van der Waals surface area contributed by atoms with Crippen LogP contribution in [0.4, 0.5) is 0 Å². The van der Waals surface area contributed by atoms with E-state index in [2.05, 4.69) is 123 Å². The molecule has 424 valence electrons. The van der Waals surface area contributed by atoms with E-state index in [0.717, 1.165) is 103 Å². The summed E-state index contributed by atoms with van der Waals surface area (Å²) in [7, 11) is 1.45. The maximum Gasteiger partial charge on any atom is 0.472 e. The second-order valence-corrected chi connectivity index (χ2v) is 22.1. The van der Waals surface area contributed by atoms with E-state index in [9.17, 15) is 19.0 Å². The summed E-state index contributed by atoms with van der Waals surface area (Å²) in [4.78, 5) is 35.7. The first-order valence-corrected chi connectivity index (χ1v) is 31.1. The SMILES string of the molecule is CC/C=C\C/C=C\C/C=C\C/C=C\C/C=C\CCCCCCCCCCCCCCCCCCCC(=O)OC(COC(=O)CCCCCC/C=C\C/C=C\C/C=C\C/C=C\CC)COP(=O)(O)OCC[N+](C)(C)C. The number of hydrogen-bond donors (Lipinski definition) is 1. The van der Waals surface area contributed by atoms with Gasteiger partial charge in [-0.3, -0.25) is 18.6 Å². The average molecular weight is 1050 g/mol. The summed E-state index contributed by atoms with van der Waals surface area (Å²) in [6.45, 7) is 4.18. The third-order valence-electron chi connectivity index (χ3n) is 12.3. The first kappa shape index (κ1) is 70.7. The molecular weight excluding hydrogens is 942 g/mol. The fraction of sp³-hybridized carbons (Fsp3) is 0.688. The zero-order chi connectivity index (χ0) is 54.2. The van der Waals surface area contributed by atoms with E-state index >= 15 is 0 Å². The van der Waals surface area contributed by atoms with Gasteiger partial charge in [0, 0.05) is 12.8 Å². The van der Waals surface area contributed by atoms with Gasteiger partial charge in [0.25, 0.3) is 0 Å². The van der Waals surface area contributed by atoms with Gasteiger partial charge in [-0.2, -0.15) is 0 Å². The fourth-order valence-electron chi connectivity index (χ4n) is 7.80. The average Bonchev–Trinajstić information content (AvgIpc) is 3.36. The minimum Gasteiger partial charge on any atom is -0.462 e. The van der Waals surface area contributed by atoms with Crippen LogP contribution in [0.2, 0.25) is 0 Å². The van der Waals surface area contributed by atoms with Gasteiger partial charge in [0.15, 0.2) is 6.10 Å². The van der Waals surface area contributed by atoms with Crippen LogP contribution in [0.5, 0.6) is 0 Å². The monoisotopic (exact) mass is 1050 g/mol. The minimum atomic E-state index is -4.40. The Kier molecular flexibility index (Phi) is 52.0. The standard InChI is InChI=1S/C64H110NO8P/c1-6-8-10-12-14-16-18-20-22-24-25-26-27-28-29-30-31-32-33-34-35-36-37-38-39-41-43-45-47-49-51-53-55-57-64(67)73-62(61-72-74(68,69)71-59-58-65(3,4)5)60-70-63(66)56-54-52-50-48-46-44-42-40-23-21-19-17-15-13-11-9-7-2/h8-11,14-17,20-23,25-26,28-29,42,44,62H,6-7,12-13,18-19,24,27,30-41,43,45-61H2,1-5H3/p+1/b10-8-,11-9-,16-14-,17-15-,22-20-,23-21-,26-25-,29-28-,44-42-. The number of phosphoric acid groups is 1. The summed E-state index contributed by atoms with van der Waals surface area (Å²) in [6, 6.07) is 0. The molecule has 0 saturated heterocycles. The van der Waals surface area contributed by atoms with Crippen molar-refractivity contribution >= 4 is 19.8 Å². The van der Waals surface area contributed by atoms with Gasteiger partial charge in [-0.25, -0.2) is 4.57 Å². The van der Waals surface area contributed by atoms with Gasteiger partial charge in [-0.1, -0.05) is 232 Å². The highest BCUT2D eigenvalue weighted by Gasteiger charge is 2.27. The molecular formula is C64H111NO8P+. The maximum absolute atomic E-state index is 12.8. The molecule has 2 unspecified atom stereocenters. The van der Waals surface area contributed by atoms with E-state index in [1.807, 2.05) is 21.1 Å². The summed E-state index contributed by atoms with van der Waals surface area (Å²) in [5.74, 6) is -0.827. The molecule has 0 rings (SSSR count). The Bertz CT molecular complexity index is 1620. The normalized spacial score (nSPS) is 14.1. The van der Waals surface area contributed by atoms with Crippen molar-refractivity contribution in [2.45, 2.75) is 238 Å². The van der Waals surface area contributed by atoms with Gasteiger partial charge >= 0.3 is 19.8 Å². The molecule has 0 aliphatic carbocycles. The smallest absolute Gasteiger partial charge is 0.462 e. The topological polar surface area (TPSA) is 108 Å². The fourth-order valence-corrected chi connectivity index (χ4v) is 8.54. The van der Waals surface area contributed by atoms with Crippen LogP contribution < -0.4 is 0 Å². The Balaban J connectivity index is 4.10. The highest BCUT2D eigenvalue weighted by Crippen LogP contribution is 2.43. The van der Waals surface area contributed by atoms with Crippen molar-refractivity contribution in [3.05, 3.63) is 109 Å². The van der Waals surface area contributed by atoms with E-state index in [1.54, 1.807) is 0 Å².